The molecule has 0 unspecified atom stereocenters. The van der Waals surface area contributed by atoms with Gasteiger partial charge in [-0.15, -0.1) is 0 Å². The van der Waals surface area contributed by atoms with Gasteiger partial charge in [-0.1, -0.05) is 12.1 Å². The van der Waals surface area contributed by atoms with E-state index in [1.165, 1.54) is 6.07 Å². The van der Waals surface area contributed by atoms with Crippen molar-refractivity contribution in [3.8, 4) is 0 Å². The van der Waals surface area contributed by atoms with E-state index in [4.69, 9.17) is 10.5 Å². The highest BCUT2D eigenvalue weighted by Gasteiger charge is 2.47. The monoisotopic (exact) mass is 320 g/mol. The van der Waals surface area contributed by atoms with Gasteiger partial charge in [-0.25, -0.2) is 9.18 Å². The van der Waals surface area contributed by atoms with E-state index in [0.29, 0.717) is 13.1 Å². The second kappa shape index (κ2) is 5.48. The van der Waals surface area contributed by atoms with Crippen LogP contribution >= 0.6 is 0 Å². The van der Waals surface area contributed by atoms with Crippen LogP contribution in [0.25, 0.3) is 0 Å². The Balaban J connectivity index is 1.77. The van der Waals surface area contributed by atoms with Crippen LogP contribution in [0.2, 0.25) is 0 Å². The van der Waals surface area contributed by atoms with Crippen LogP contribution in [0.3, 0.4) is 0 Å². The van der Waals surface area contributed by atoms with Crippen molar-refractivity contribution in [3.05, 3.63) is 35.1 Å². The van der Waals surface area contributed by atoms with Gasteiger partial charge in [0.1, 0.15) is 11.4 Å². The Morgan fingerprint density at radius 3 is 2.61 bits per heavy atom. The van der Waals surface area contributed by atoms with Crippen molar-refractivity contribution in [1.29, 1.82) is 0 Å². The molecule has 1 amide bonds. The zero-order valence-electron chi connectivity index (χ0n) is 14.1. The average Bonchev–Trinajstić information content (AvgIpc) is 2.72. The minimum absolute atomic E-state index is 0.117. The summed E-state index contributed by atoms with van der Waals surface area (Å²) in [6.07, 6.45) is 1.93. The van der Waals surface area contributed by atoms with Crippen molar-refractivity contribution < 1.29 is 13.9 Å². The summed E-state index contributed by atoms with van der Waals surface area (Å²) in [5, 5.41) is 0. The lowest BCUT2D eigenvalue weighted by Gasteiger charge is -2.40. The summed E-state index contributed by atoms with van der Waals surface area (Å²) < 4.78 is 19.8. The van der Waals surface area contributed by atoms with E-state index in [1.807, 2.05) is 26.8 Å². The maximum Gasteiger partial charge on any atom is 0.410 e. The first-order chi connectivity index (χ1) is 10.7. The standard InChI is InChI=1S/C18H25FN2O2/c1-17(2,3)23-16(22)21-9-7-18(8-10-21)11-14(20)12-5-4-6-13(19)15(12)18/h4-6,14H,7-11,20H2,1-3H3/t14-/m0/s1. The minimum atomic E-state index is -0.499. The van der Waals surface area contributed by atoms with Crippen LogP contribution in [0.1, 0.15) is 57.2 Å². The van der Waals surface area contributed by atoms with Gasteiger partial charge in [0.05, 0.1) is 0 Å². The average molecular weight is 320 g/mol. The Morgan fingerprint density at radius 1 is 1.35 bits per heavy atom. The molecule has 5 heteroatoms. The van der Waals surface area contributed by atoms with Crippen LogP contribution in [0.5, 0.6) is 0 Å². The smallest absolute Gasteiger partial charge is 0.410 e. The number of piperidine rings is 1. The molecule has 2 aliphatic rings. The first-order valence-corrected chi connectivity index (χ1v) is 8.24. The van der Waals surface area contributed by atoms with E-state index in [0.717, 1.165) is 30.4 Å². The molecule has 4 nitrogen and oxygen atoms in total. The number of ether oxygens (including phenoxy) is 1. The molecule has 1 aromatic carbocycles. The van der Waals surface area contributed by atoms with Crippen LogP contribution < -0.4 is 5.73 Å². The van der Waals surface area contributed by atoms with Crippen molar-refractivity contribution in [3.63, 3.8) is 0 Å². The topological polar surface area (TPSA) is 55.6 Å². The number of hydrogen-bond donors (Lipinski definition) is 1. The molecule has 0 radical (unpaired) electrons. The molecule has 1 aliphatic heterocycles. The first kappa shape index (κ1) is 16.2. The van der Waals surface area contributed by atoms with E-state index < -0.39 is 5.60 Å². The molecule has 1 saturated heterocycles. The molecule has 1 spiro atoms. The van der Waals surface area contributed by atoms with Crippen LogP contribution in [-0.4, -0.2) is 29.7 Å². The number of carbonyl (C=O) groups excluding carboxylic acids is 1. The zero-order chi connectivity index (χ0) is 16.8. The van der Waals surface area contributed by atoms with Crippen molar-refractivity contribution in [2.75, 3.05) is 13.1 Å². The summed E-state index contributed by atoms with van der Waals surface area (Å²) in [4.78, 5) is 13.9. The fourth-order valence-electron chi connectivity index (χ4n) is 3.94. The summed E-state index contributed by atoms with van der Waals surface area (Å²) in [6.45, 7) is 6.73. The van der Waals surface area contributed by atoms with Crippen molar-refractivity contribution in [2.45, 2.75) is 57.1 Å². The maximum absolute atomic E-state index is 14.4. The lowest BCUT2D eigenvalue weighted by atomic mass is 9.73. The fraction of sp³-hybridized carbons (Fsp3) is 0.611. The van der Waals surface area contributed by atoms with Crippen LogP contribution in [0.4, 0.5) is 9.18 Å². The zero-order valence-corrected chi connectivity index (χ0v) is 14.1. The van der Waals surface area contributed by atoms with Crippen molar-refractivity contribution >= 4 is 6.09 Å². The van der Waals surface area contributed by atoms with E-state index in [-0.39, 0.29) is 23.4 Å². The third-order valence-corrected chi connectivity index (χ3v) is 4.96. The molecule has 3 rings (SSSR count). The normalized spacial score (nSPS) is 23.0. The number of likely N-dealkylation sites (tertiary alicyclic amines) is 1. The number of carbonyl (C=O) groups is 1. The summed E-state index contributed by atoms with van der Waals surface area (Å²) in [5.74, 6) is -0.166. The first-order valence-electron chi connectivity index (χ1n) is 8.24. The predicted octanol–water partition coefficient (Wildman–Crippen LogP) is 3.50. The highest BCUT2D eigenvalue weighted by atomic mass is 19.1. The van der Waals surface area contributed by atoms with Gasteiger partial charge in [0, 0.05) is 24.5 Å². The number of rotatable bonds is 0. The Bertz CT molecular complexity index is 616. The molecule has 1 fully saturated rings. The SMILES string of the molecule is CC(C)(C)OC(=O)N1CCC2(CC1)C[C@H](N)c1cccc(F)c12. The number of hydrogen-bond acceptors (Lipinski definition) is 3. The van der Waals surface area contributed by atoms with Gasteiger partial charge in [0.2, 0.25) is 0 Å². The molecule has 0 saturated carbocycles. The van der Waals surface area contributed by atoms with Gasteiger partial charge in [0.15, 0.2) is 0 Å². The number of nitrogens with zero attached hydrogens (tertiary/aromatic N) is 1. The molecular formula is C18H25FN2O2. The molecule has 0 aromatic heterocycles. The highest BCUT2D eigenvalue weighted by Crippen LogP contribution is 2.50. The van der Waals surface area contributed by atoms with Gasteiger partial charge in [-0.2, -0.15) is 0 Å². The second-order valence-corrected chi connectivity index (χ2v) is 7.76. The molecule has 2 N–H and O–H groups in total. The number of benzene rings is 1. The summed E-state index contributed by atoms with van der Waals surface area (Å²) in [6, 6.07) is 5.05. The molecule has 1 atom stereocenters. The van der Waals surface area contributed by atoms with E-state index in [9.17, 15) is 9.18 Å². The maximum atomic E-state index is 14.4. The van der Waals surface area contributed by atoms with Crippen LogP contribution in [0, 0.1) is 5.82 Å². The lowest BCUT2D eigenvalue weighted by Crippen LogP contribution is -2.46. The van der Waals surface area contributed by atoms with Gasteiger partial charge in [-0.05, 0) is 57.2 Å². The summed E-state index contributed by atoms with van der Waals surface area (Å²) in [7, 11) is 0. The summed E-state index contributed by atoms with van der Waals surface area (Å²) >= 11 is 0. The van der Waals surface area contributed by atoms with Crippen LogP contribution in [-0.2, 0) is 10.2 Å². The van der Waals surface area contributed by atoms with Gasteiger partial charge < -0.3 is 15.4 Å². The molecule has 0 bridgehead atoms. The van der Waals surface area contributed by atoms with Gasteiger partial charge in [0.25, 0.3) is 0 Å². The summed E-state index contributed by atoms with van der Waals surface area (Å²) in [5.41, 5.74) is 7.19. The van der Waals surface area contributed by atoms with Crippen molar-refractivity contribution in [1.82, 2.24) is 4.90 Å². The third kappa shape index (κ3) is 2.94. The number of halogens is 1. The van der Waals surface area contributed by atoms with Gasteiger partial charge in [-0.3, -0.25) is 0 Å². The fourth-order valence-corrected chi connectivity index (χ4v) is 3.94. The van der Waals surface area contributed by atoms with Crippen LogP contribution in [0.15, 0.2) is 18.2 Å². The van der Waals surface area contributed by atoms with E-state index >= 15 is 0 Å². The molecule has 126 valence electrons. The highest BCUT2D eigenvalue weighted by molar-refractivity contribution is 5.68. The largest absolute Gasteiger partial charge is 0.444 e. The quantitative estimate of drug-likeness (QED) is 0.796. The Hall–Kier alpha value is -1.62. The molecular weight excluding hydrogens is 295 g/mol. The third-order valence-electron chi connectivity index (χ3n) is 4.96. The number of fused-ring (bicyclic) bond motifs is 2. The molecule has 1 heterocycles. The molecule has 1 aromatic rings. The van der Waals surface area contributed by atoms with E-state index in [1.54, 1.807) is 11.0 Å². The van der Waals surface area contributed by atoms with Gasteiger partial charge >= 0.3 is 6.09 Å². The Kier molecular flexibility index (Phi) is 3.87. The number of amides is 1. The van der Waals surface area contributed by atoms with E-state index in [2.05, 4.69) is 0 Å². The Labute approximate surface area is 136 Å². The Morgan fingerprint density at radius 2 is 2.00 bits per heavy atom. The van der Waals surface area contributed by atoms with Crippen molar-refractivity contribution in [2.24, 2.45) is 5.73 Å². The number of nitrogens with two attached hydrogens (primary N) is 1. The minimum Gasteiger partial charge on any atom is -0.444 e. The predicted molar refractivity (Wildman–Crippen MR) is 86.7 cm³/mol. The molecule has 1 aliphatic carbocycles. The lowest BCUT2D eigenvalue weighted by molar-refractivity contribution is 0.0161. The molecule has 23 heavy (non-hydrogen) atoms. The second-order valence-electron chi connectivity index (χ2n) is 7.76.